The molecule has 0 amide bonds. The molecule has 0 saturated carbocycles. The molecule has 0 heterocycles. The standard InChI is InChI=1S/C8H7FINO3S/c1-15(13,14)11-8(12)7-5(9)3-2-4-6(7)10/h2-4H,1H3,(H,11,12)/p-1. The molecular weight excluding hydrogens is 336 g/mol. The van der Waals surface area contributed by atoms with Gasteiger partial charge in [-0.1, -0.05) is 6.07 Å². The second-order valence-electron chi connectivity index (χ2n) is 2.73. The molecule has 0 aromatic heterocycles. The van der Waals surface area contributed by atoms with E-state index in [-0.39, 0.29) is 5.56 Å². The first kappa shape index (κ1) is 12.4. The van der Waals surface area contributed by atoms with E-state index in [4.69, 9.17) is 0 Å². The van der Waals surface area contributed by atoms with Crippen molar-refractivity contribution in [2.24, 2.45) is 4.40 Å². The fourth-order valence-electron chi connectivity index (χ4n) is 0.898. The van der Waals surface area contributed by atoms with Gasteiger partial charge in [-0.2, -0.15) is 4.40 Å². The average Bonchev–Trinajstić information content (AvgIpc) is 1.99. The van der Waals surface area contributed by atoms with Crippen LogP contribution < -0.4 is 5.11 Å². The van der Waals surface area contributed by atoms with Crippen LogP contribution in [0.3, 0.4) is 0 Å². The fraction of sp³-hybridized carbons (Fsp3) is 0.125. The molecule has 1 aromatic rings. The van der Waals surface area contributed by atoms with Crippen molar-refractivity contribution in [2.75, 3.05) is 6.26 Å². The van der Waals surface area contributed by atoms with Crippen molar-refractivity contribution in [1.29, 1.82) is 0 Å². The van der Waals surface area contributed by atoms with E-state index in [1.54, 1.807) is 22.6 Å². The maximum absolute atomic E-state index is 13.2. The van der Waals surface area contributed by atoms with Gasteiger partial charge in [-0.3, -0.25) is 0 Å². The zero-order chi connectivity index (χ0) is 11.6. The van der Waals surface area contributed by atoms with Crippen molar-refractivity contribution in [3.63, 3.8) is 0 Å². The Morgan fingerprint density at radius 2 is 2.13 bits per heavy atom. The number of nitrogens with zero attached hydrogens (tertiary/aromatic N) is 1. The molecular formula is C8H6FINO3S-. The molecule has 0 bridgehead atoms. The van der Waals surface area contributed by atoms with Crippen LogP contribution in [0.1, 0.15) is 5.56 Å². The Balaban J connectivity index is 3.35. The summed E-state index contributed by atoms with van der Waals surface area (Å²) in [6, 6.07) is 4.00. The van der Waals surface area contributed by atoms with Crippen molar-refractivity contribution in [3.05, 3.63) is 33.1 Å². The first-order valence-corrected chi connectivity index (χ1v) is 6.65. The molecule has 0 N–H and O–H groups in total. The van der Waals surface area contributed by atoms with Gasteiger partial charge in [0, 0.05) is 15.0 Å². The van der Waals surface area contributed by atoms with Crippen LogP contribution in [0.2, 0.25) is 0 Å². The summed E-state index contributed by atoms with van der Waals surface area (Å²) in [6.45, 7) is 0. The lowest BCUT2D eigenvalue weighted by Crippen LogP contribution is -2.23. The zero-order valence-corrected chi connectivity index (χ0v) is 10.5. The van der Waals surface area contributed by atoms with E-state index in [9.17, 15) is 17.9 Å². The van der Waals surface area contributed by atoms with E-state index in [2.05, 4.69) is 4.40 Å². The molecule has 0 spiro atoms. The van der Waals surface area contributed by atoms with Crippen molar-refractivity contribution in [2.45, 2.75) is 0 Å². The minimum atomic E-state index is -3.80. The molecule has 0 saturated heterocycles. The maximum Gasteiger partial charge on any atom is 0.249 e. The Bertz CT molecular complexity index is 492. The monoisotopic (exact) mass is 342 g/mol. The van der Waals surface area contributed by atoms with Gasteiger partial charge in [-0.05, 0) is 34.7 Å². The summed E-state index contributed by atoms with van der Waals surface area (Å²) in [6.07, 6.45) is 0.776. The van der Waals surface area contributed by atoms with Gasteiger partial charge in [-0.25, -0.2) is 12.8 Å². The van der Waals surface area contributed by atoms with Crippen LogP contribution in [-0.2, 0) is 10.0 Å². The van der Waals surface area contributed by atoms with Crippen LogP contribution in [-0.4, -0.2) is 20.6 Å². The molecule has 0 aliphatic heterocycles. The van der Waals surface area contributed by atoms with Crippen LogP contribution in [0.4, 0.5) is 4.39 Å². The predicted molar refractivity (Wildman–Crippen MR) is 60.5 cm³/mol. The summed E-state index contributed by atoms with van der Waals surface area (Å²) in [5.74, 6) is -1.86. The maximum atomic E-state index is 13.2. The first-order valence-electron chi connectivity index (χ1n) is 3.72. The van der Waals surface area contributed by atoms with Crippen LogP contribution in [0.5, 0.6) is 0 Å². The van der Waals surface area contributed by atoms with E-state index in [1.807, 2.05) is 0 Å². The van der Waals surface area contributed by atoms with Crippen LogP contribution in [0.15, 0.2) is 22.6 Å². The number of hydrogen-bond acceptors (Lipinski definition) is 3. The van der Waals surface area contributed by atoms with Gasteiger partial charge in [0.25, 0.3) is 0 Å². The van der Waals surface area contributed by atoms with Gasteiger partial charge in [0.15, 0.2) is 0 Å². The number of halogens is 2. The van der Waals surface area contributed by atoms with Gasteiger partial charge >= 0.3 is 0 Å². The fourth-order valence-corrected chi connectivity index (χ4v) is 1.99. The minimum Gasteiger partial charge on any atom is -0.858 e. The Hall–Kier alpha value is -0.700. The molecule has 15 heavy (non-hydrogen) atoms. The lowest BCUT2D eigenvalue weighted by Gasteiger charge is -2.12. The molecule has 0 radical (unpaired) electrons. The van der Waals surface area contributed by atoms with E-state index >= 15 is 0 Å². The summed E-state index contributed by atoms with van der Waals surface area (Å²) in [7, 11) is -3.80. The van der Waals surface area contributed by atoms with Gasteiger partial charge < -0.3 is 5.11 Å². The average molecular weight is 342 g/mol. The van der Waals surface area contributed by atoms with Gasteiger partial charge in [0.2, 0.25) is 10.0 Å². The van der Waals surface area contributed by atoms with Crippen LogP contribution >= 0.6 is 22.6 Å². The third-order valence-corrected chi connectivity index (χ3v) is 2.82. The van der Waals surface area contributed by atoms with Crippen molar-refractivity contribution < 1.29 is 17.9 Å². The SMILES string of the molecule is CS(=O)(=O)/N=C(\[O-])c1c(F)cccc1I. The van der Waals surface area contributed by atoms with Crippen LogP contribution in [0, 0.1) is 9.39 Å². The van der Waals surface area contributed by atoms with Crippen molar-refractivity contribution in [3.8, 4) is 0 Å². The number of sulfonamides is 1. The normalized spacial score (nSPS) is 12.9. The molecule has 7 heteroatoms. The van der Waals surface area contributed by atoms with E-state index in [0.29, 0.717) is 3.57 Å². The lowest BCUT2D eigenvalue weighted by atomic mass is 10.2. The highest BCUT2D eigenvalue weighted by Crippen LogP contribution is 2.15. The summed E-state index contributed by atoms with van der Waals surface area (Å²) in [5.41, 5.74) is -0.316. The summed E-state index contributed by atoms with van der Waals surface area (Å²) < 4.78 is 37.9. The highest BCUT2D eigenvalue weighted by Gasteiger charge is 2.07. The van der Waals surface area contributed by atoms with Gasteiger partial charge in [0.1, 0.15) is 5.82 Å². The Labute approximate surface area is 100 Å². The highest BCUT2D eigenvalue weighted by molar-refractivity contribution is 14.1. The molecule has 0 aliphatic carbocycles. The molecule has 0 fully saturated rings. The molecule has 0 atom stereocenters. The largest absolute Gasteiger partial charge is 0.858 e. The van der Waals surface area contributed by atoms with Crippen molar-refractivity contribution >= 4 is 38.5 Å². The quantitative estimate of drug-likeness (QED) is 0.446. The second-order valence-corrected chi connectivity index (χ2v) is 5.54. The van der Waals surface area contributed by atoms with E-state index in [1.165, 1.54) is 12.1 Å². The van der Waals surface area contributed by atoms with Crippen LogP contribution in [0.25, 0.3) is 0 Å². The molecule has 1 rings (SSSR count). The second kappa shape index (κ2) is 4.44. The molecule has 0 aliphatic rings. The molecule has 4 nitrogen and oxygen atoms in total. The molecule has 82 valence electrons. The van der Waals surface area contributed by atoms with Gasteiger partial charge in [0.05, 0.1) is 6.26 Å². The summed E-state index contributed by atoms with van der Waals surface area (Å²) in [4.78, 5) is 0. The predicted octanol–water partition coefficient (Wildman–Crippen LogP) is 0.497. The van der Waals surface area contributed by atoms with Crippen molar-refractivity contribution in [1.82, 2.24) is 0 Å². The Morgan fingerprint density at radius 1 is 1.53 bits per heavy atom. The Kier molecular flexibility index (Phi) is 3.66. The smallest absolute Gasteiger partial charge is 0.249 e. The molecule has 1 aromatic carbocycles. The third-order valence-electron chi connectivity index (χ3n) is 1.43. The number of benzene rings is 1. The third kappa shape index (κ3) is 3.42. The summed E-state index contributed by atoms with van der Waals surface area (Å²) >= 11 is 1.74. The summed E-state index contributed by atoms with van der Waals surface area (Å²) in [5, 5.41) is 11.3. The first-order chi connectivity index (χ1) is 6.81. The molecule has 0 unspecified atom stereocenters. The number of hydrogen-bond donors (Lipinski definition) is 0. The number of rotatable bonds is 2. The zero-order valence-electron chi connectivity index (χ0n) is 7.57. The van der Waals surface area contributed by atoms with E-state index in [0.717, 1.165) is 12.3 Å². The van der Waals surface area contributed by atoms with Gasteiger partial charge in [-0.15, -0.1) is 0 Å². The lowest BCUT2D eigenvalue weighted by molar-refractivity contribution is -0.212. The Morgan fingerprint density at radius 3 is 2.60 bits per heavy atom. The van der Waals surface area contributed by atoms with E-state index < -0.39 is 21.7 Å². The highest BCUT2D eigenvalue weighted by atomic mass is 127. The topological polar surface area (TPSA) is 69.6 Å². The minimum absolute atomic E-state index is 0.316.